The van der Waals surface area contributed by atoms with Crippen molar-refractivity contribution in [3.8, 4) is 16.4 Å². The van der Waals surface area contributed by atoms with Crippen molar-refractivity contribution < 1.29 is 4.79 Å². The van der Waals surface area contributed by atoms with E-state index in [2.05, 4.69) is 20.3 Å². The molecule has 4 heterocycles. The summed E-state index contributed by atoms with van der Waals surface area (Å²) in [6.07, 6.45) is 7.54. The van der Waals surface area contributed by atoms with Gasteiger partial charge in [-0.25, -0.2) is 9.97 Å². The molecule has 25 heavy (non-hydrogen) atoms. The number of nitrogens with zero attached hydrogens (tertiary/aromatic N) is 4. The summed E-state index contributed by atoms with van der Waals surface area (Å²) in [7, 11) is 0. The molecule has 4 aromatic rings. The molecule has 0 fully saturated rings. The van der Waals surface area contributed by atoms with Gasteiger partial charge in [0.05, 0.1) is 17.8 Å². The Kier molecular flexibility index (Phi) is 4.36. The van der Waals surface area contributed by atoms with Crippen LogP contribution in [0.1, 0.15) is 5.69 Å². The lowest BCUT2D eigenvalue weighted by Crippen LogP contribution is -2.14. The topological polar surface area (TPSA) is 72.7 Å². The number of hydrogen-bond acceptors (Lipinski definition) is 6. The SMILES string of the molecule is O=C(Cc1csc(-n2cccc2)n1)Nc1nc(-c2cccnc2)cs1. The second-order valence-electron chi connectivity index (χ2n) is 5.22. The van der Waals surface area contributed by atoms with Crippen LogP contribution in [-0.4, -0.2) is 25.4 Å². The summed E-state index contributed by atoms with van der Waals surface area (Å²) in [5, 5.41) is 8.06. The standard InChI is InChI=1S/C17H13N5OS2/c23-15(8-13-10-25-17(19-13)22-6-1-2-7-22)21-16-20-14(11-24-16)12-4-3-5-18-9-12/h1-7,9-11H,8H2,(H,20,21,23). The van der Waals surface area contributed by atoms with Gasteiger partial charge in [0.1, 0.15) is 0 Å². The third-order valence-electron chi connectivity index (χ3n) is 3.41. The second-order valence-corrected chi connectivity index (χ2v) is 6.91. The normalized spacial score (nSPS) is 10.7. The minimum Gasteiger partial charge on any atom is -0.302 e. The Morgan fingerprint density at radius 2 is 2.00 bits per heavy atom. The quantitative estimate of drug-likeness (QED) is 0.585. The highest BCUT2D eigenvalue weighted by atomic mass is 32.1. The number of anilines is 1. The highest BCUT2D eigenvalue weighted by Gasteiger charge is 2.11. The first kappa shape index (κ1) is 15.7. The molecule has 0 aliphatic carbocycles. The zero-order valence-electron chi connectivity index (χ0n) is 13.0. The number of pyridine rings is 1. The lowest BCUT2D eigenvalue weighted by Gasteiger charge is -1.99. The van der Waals surface area contributed by atoms with Crippen molar-refractivity contribution in [3.05, 3.63) is 65.5 Å². The lowest BCUT2D eigenvalue weighted by atomic mass is 10.2. The molecule has 0 aliphatic heterocycles. The van der Waals surface area contributed by atoms with Crippen LogP contribution in [0.2, 0.25) is 0 Å². The van der Waals surface area contributed by atoms with Crippen molar-refractivity contribution >= 4 is 33.7 Å². The van der Waals surface area contributed by atoms with E-state index in [9.17, 15) is 4.79 Å². The molecular formula is C17H13N5OS2. The molecule has 0 saturated heterocycles. The van der Waals surface area contributed by atoms with Gasteiger partial charge in [-0.15, -0.1) is 22.7 Å². The van der Waals surface area contributed by atoms with Gasteiger partial charge in [0.2, 0.25) is 5.91 Å². The van der Waals surface area contributed by atoms with Crippen LogP contribution in [0.4, 0.5) is 5.13 Å². The molecule has 0 saturated carbocycles. The van der Waals surface area contributed by atoms with E-state index >= 15 is 0 Å². The molecular weight excluding hydrogens is 354 g/mol. The fourth-order valence-corrected chi connectivity index (χ4v) is 3.79. The van der Waals surface area contributed by atoms with E-state index in [0.717, 1.165) is 22.1 Å². The van der Waals surface area contributed by atoms with Gasteiger partial charge in [-0.2, -0.15) is 0 Å². The first-order valence-corrected chi connectivity index (χ1v) is 9.27. The summed E-state index contributed by atoms with van der Waals surface area (Å²) in [6, 6.07) is 7.68. The maximum absolute atomic E-state index is 12.2. The van der Waals surface area contributed by atoms with Crippen LogP contribution in [-0.2, 0) is 11.2 Å². The second kappa shape index (κ2) is 6.96. The third-order valence-corrected chi connectivity index (χ3v) is 5.08. The summed E-state index contributed by atoms with van der Waals surface area (Å²) in [5.74, 6) is -0.128. The first-order valence-electron chi connectivity index (χ1n) is 7.51. The number of aromatic nitrogens is 4. The Hall–Kier alpha value is -2.84. The minimum absolute atomic E-state index is 0.128. The average molecular weight is 367 g/mol. The van der Waals surface area contributed by atoms with E-state index in [1.54, 1.807) is 12.4 Å². The molecule has 1 N–H and O–H groups in total. The Balaban J connectivity index is 1.40. The third kappa shape index (κ3) is 3.65. The molecule has 6 nitrogen and oxygen atoms in total. The van der Waals surface area contributed by atoms with Gasteiger partial charge in [-0.3, -0.25) is 9.78 Å². The summed E-state index contributed by atoms with van der Waals surface area (Å²) in [4.78, 5) is 25.2. The van der Waals surface area contributed by atoms with Crippen molar-refractivity contribution in [1.82, 2.24) is 19.5 Å². The fraction of sp³-hybridized carbons (Fsp3) is 0.0588. The molecule has 0 atom stereocenters. The van der Waals surface area contributed by atoms with Crippen LogP contribution in [0.15, 0.2) is 59.8 Å². The zero-order valence-corrected chi connectivity index (χ0v) is 14.6. The highest BCUT2D eigenvalue weighted by Crippen LogP contribution is 2.24. The number of amides is 1. The Morgan fingerprint density at radius 3 is 2.80 bits per heavy atom. The van der Waals surface area contributed by atoms with E-state index < -0.39 is 0 Å². The highest BCUT2D eigenvalue weighted by molar-refractivity contribution is 7.14. The Morgan fingerprint density at radius 1 is 1.12 bits per heavy atom. The van der Waals surface area contributed by atoms with E-state index in [0.29, 0.717) is 5.13 Å². The van der Waals surface area contributed by atoms with Crippen LogP contribution in [0.3, 0.4) is 0 Å². The van der Waals surface area contributed by atoms with Crippen molar-refractivity contribution in [2.24, 2.45) is 0 Å². The molecule has 4 aromatic heterocycles. The minimum atomic E-state index is -0.128. The predicted octanol–water partition coefficient (Wildman–Crippen LogP) is 3.63. The number of thiazole rings is 2. The molecule has 8 heteroatoms. The van der Waals surface area contributed by atoms with Gasteiger partial charge in [-0.05, 0) is 24.3 Å². The first-order chi connectivity index (χ1) is 12.3. The molecule has 124 valence electrons. The molecule has 0 aliphatic rings. The van der Waals surface area contributed by atoms with Gasteiger partial charge in [-0.1, -0.05) is 0 Å². The maximum atomic E-state index is 12.2. The summed E-state index contributed by atoms with van der Waals surface area (Å²) < 4.78 is 1.92. The van der Waals surface area contributed by atoms with Crippen LogP contribution in [0.25, 0.3) is 16.4 Å². The average Bonchev–Trinajstić information content (AvgIpc) is 3.37. The molecule has 0 aromatic carbocycles. The van der Waals surface area contributed by atoms with E-state index in [1.165, 1.54) is 22.7 Å². The van der Waals surface area contributed by atoms with E-state index in [1.807, 2.05) is 52.0 Å². The number of rotatable bonds is 5. The van der Waals surface area contributed by atoms with E-state index in [4.69, 9.17) is 0 Å². The molecule has 1 amide bonds. The molecule has 0 radical (unpaired) electrons. The zero-order chi connectivity index (χ0) is 17.1. The monoisotopic (exact) mass is 367 g/mol. The van der Waals surface area contributed by atoms with Crippen molar-refractivity contribution in [3.63, 3.8) is 0 Å². The Labute approximate surface area is 151 Å². The number of hydrogen-bond donors (Lipinski definition) is 1. The van der Waals surface area contributed by atoms with Crippen LogP contribution in [0, 0.1) is 0 Å². The van der Waals surface area contributed by atoms with Crippen LogP contribution < -0.4 is 5.32 Å². The maximum Gasteiger partial charge on any atom is 0.232 e. The van der Waals surface area contributed by atoms with Gasteiger partial charge >= 0.3 is 0 Å². The smallest absolute Gasteiger partial charge is 0.232 e. The van der Waals surface area contributed by atoms with Crippen LogP contribution >= 0.6 is 22.7 Å². The van der Waals surface area contributed by atoms with Crippen molar-refractivity contribution in [1.29, 1.82) is 0 Å². The molecule has 0 spiro atoms. The predicted molar refractivity (Wildman–Crippen MR) is 99.1 cm³/mol. The number of carbonyl (C=O) groups excluding carboxylic acids is 1. The number of carbonyl (C=O) groups is 1. The lowest BCUT2D eigenvalue weighted by molar-refractivity contribution is -0.115. The summed E-state index contributed by atoms with van der Waals surface area (Å²) >= 11 is 2.90. The summed E-state index contributed by atoms with van der Waals surface area (Å²) in [6.45, 7) is 0. The molecule has 4 rings (SSSR count). The van der Waals surface area contributed by atoms with Crippen molar-refractivity contribution in [2.75, 3.05) is 5.32 Å². The van der Waals surface area contributed by atoms with Crippen molar-refractivity contribution in [2.45, 2.75) is 6.42 Å². The van der Waals surface area contributed by atoms with Crippen LogP contribution in [0.5, 0.6) is 0 Å². The van der Waals surface area contributed by atoms with Gasteiger partial charge in [0.15, 0.2) is 10.3 Å². The fourth-order valence-electron chi connectivity index (χ4n) is 2.26. The Bertz CT molecular complexity index is 976. The molecule has 0 bridgehead atoms. The van der Waals surface area contributed by atoms with Gasteiger partial charge in [0, 0.05) is 41.1 Å². The largest absolute Gasteiger partial charge is 0.302 e. The van der Waals surface area contributed by atoms with Gasteiger partial charge in [0.25, 0.3) is 0 Å². The van der Waals surface area contributed by atoms with Gasteiger partial charge < -0.3 is 9.88 Å². The molecule has 0 unspecified atom stereocenters. The number of nitrogens with one attached hydrogen (secondary N) is 1. The summed E-state index contributed by atoms with van der Waals surface area (Å²) in [5.41, 5.74) is 2.47. The van der Waals surface area contributed by atoms with E-state index in [-0.39, 0.29) is 12.3 Å².